The lowest BCUT2D eigenvalue weighted by atomic mass is 9.95. The summed E-state index contributed by atoms with van der Waals surface area (Å²) in [5.74, 6) is 3.31. The van der Waals surface area contributed by atoms with Gasteiger partial charge in [-0.25, -0.2) is 15.0 Å². The van der Waals surface area contributed by atoms with Crippen molar-refractivity contribution in [2.75, 3.05) is 0 Å². The van der Waals surface area contributed by atoms with Gasteiger partial charge in [-0.3, -0.25) is 9.13 Å². The molecule has 6 nitrogen and oxygen atoms in total. The molecule has 162 valence electrons. The number of rotatable bonds is 2. The van der Waals surface area contributed by atoms with Crippen molar-refractivity contribution in [3.63, 3.8) is 0 Å². The zero-order valence-electron chi connectivity index (χ0n) is 19.5. The normalized spacial score (nSPS) is 12.7. The maximum absolute atomic E-state index is 5.04. The minimum atomic E-state index is -0.170. The van der Waals surface area contributed by atoms with Gasteiger partial charge in [0, 0.05) is 17.0 Å². The fourth-order valence-corrected chi connectivity index (χ4v) is 4.06. The number of hydrogen-bond acceptors (Lipinski definition) is 4. The van der Waals surface area contributed by atoms with E-state index in [2.05, 4.69) is 67.8 Å². The predicted molar refractivity (Wildman–Crippen MR) is 129 cm³/mol. The van der Waals surface area contributed by atoms with E-state index < -0.39 is 0 Å². The molecule has 0 atom stereocenters. The van der Waals surface area contributed by atoms with Crippen molar-refractivity contribution in [2.45, 2.75) is 52.4 Å². The van der Waals surface area contributed by atoms with E-state index in [4.69, 9.17) is 15.0 Å². The van der Waals surface area contributed by atoms with Crippen LogP contribution in [0.1, 0.15) is 53.2 Å². The molecule has 0 aliphatic heterocycles. The molecular formula is C26H28N6. The Morgan fingerprint density at radius 1 is 0.594 bits per heavy atom. The maximum atomic E-state index is 5.04. The number of para-hydroxylation sites is 4. The third-order valence-electron chi connectivity index (χ3n) is 5.52. The van der Waals surface area contributed by atoms with Gasteiger partial charge < -0.3 is 0 Å². The summed E-state index contributed by atoms with van der Waals surface area (Å²) >= 11 is 0. The molecule has 0 fully saturated rings. The van der Waals surface area contributed by atoms with Crippen LogP contribution in [0.2, 0.25) is 0 Å². The molecule has 5 rings (SSSR count). The molecule has 32 heavy (non-hydrogen) atoms. The average Bonchev–Trinajstić information content (AvgIpc) is 3.33. The first kappa shape index (κ1) is 20.4. The van der Waals surface area contributed by atoms with Gasteiger partial charge in [-0.05, 0) is 30.3 Å². The van der Waals surface area contributed by atoms with Crippen molar-refractivity contribution < 1.29 is 0 Å². The second kappa shape index (κ2) is 6.99. The van der Waals surface area contributed by atoms with Gasteiger partial charge in [-0.2, -0.15) is 4.98 Å². The number of imidazole rings is 2. The molecule has 0 N–H and O–H groups in total. The minimum Gasteiger partial charge on any atom is -0.280 e. The Bertz CT molecular complexity index is 1340. The highest BCUT2D eigenvalue weighted by Gasteiger charge is 2.27. The van der Waals surface area contributed by atoms with Crippen molar-refractivity contribution in [2.24, 2.45) is 0 Å². The van der Waals surface area contributed by atoms with Crippen LogP contribution in [-0.4, -0.2) is 29.1 Å². The molecule has 0 saturated heterocycles. The summed E-state index contributed by atoms with van der Waals surface area (Å²) in [6.45, 7) is 13.0. The van der Waals surface area contributed by atoms with Crippen LogP contribution in [0.25, 0.3) is 33.8 Å². The van der Waals surface area contributed by atoms with Crippen LogP contribution < -0.4 is 0 Å². The quantitative estimate of drug-likeness (QED) is 0.362. The maximum Gasteiger partial charge on any atom is 0.237 e. The molecule has 0 aliphatic rings. The van der Waals surface area contributed by atoms with Gasteiger partial charge in [-0.15, -0.1) is 0 Å². The van der Waals surface area contributed by atoms with Crippen LogP contribution in [0.5, 0.6) is 0 Å². The highest BCUT2D eigenvalue weighted by atomic mass is 15.2. The largest absolute Gasteiger partial charge is 0.280 e. The van der Waals surface area contributed by atoms with E-state index >= 15 is 0 Å². The van der Waals surface area contributed by atoms with Gasteiger partial charge in [0.25, 0.3) is 0 Å². The molecule has 3 heterocycles. The minimum absolute atomic E-state index is 0.150. The molecule has 0 aliphatic carbocycles. The Balaban J connectivity index is 1.79. The fourth-order valence-electron chi connectivity index (χ4n) is 4.06. The van der Waals surface area contributed by atoms with Crippen molar-refractivity contribution in [3.05, 3.63) is 72.4 Å². The highest BCUT2D eigenvalue weighted by Crippen LogP contribution is 2.31. The Morgan fingerprint density at radius 3 is 1.66 bits per heavy atom. The molecule has 2 aromatic carbocycles. The van der Waals surface area contributed by atoms with E-state index in [0.717, 1.165) is 39.5 Å². The number of benzene rings is 2. The lowest BCUT2D eigenvalue weighted by Crippen LogP contribution is -2.21. The van der Waals surface area contributed by atoms with Crippen LogP contribution in [-0.2, 0) is 10.8 Å². The first-order valence-corrected chi connectivity index (χ1v) is 10.9. The first-order chi connectivity index (χ1) is 15.1. The van der Waals surface area contributed by atoms with Crippen LogP contribution >= 0.6 is 0 Å². The molecule has 0 spiro atoms. The van der Waals surface area contributed by atoms with Crippen molar-refractivity contribution in [3.8, 4) is 11.8 Å². The molecule has 5 aromatic rings. The molecule has 0 radical (unpaired) electrons. The second-order valence-corrected chi connectivity index (χ2v) is 10.2. The molecular weight excluding hydrogens is 396 g/mol. The summed E-state index contributed by atoms with van der Waals surface area (Å²) in [6.07, 6.45) is 1.82. The summed E-state index contributed by atoms with van der Waals surface area (Å²) in [5.41, 5.74) is 3.62. The molecule has 6 heteroatoms. The third kappa shape index (κ3) is 3.27. The zero-order chi connectivity index (χ0) is 22.7. The summed E-state index contributed by atoms with van der Waals surface area (Å²) in [6, 6.07) is 18.3. The van der Waals surface area contributed by atoms with E-state index in [0.29, 0.717) is 5.95 Å². The topological polar surface area (TPSA) is 61.4 Å². The number of aromatic nitrogens is 6. The standard InChI is InChI=1S/C26H28N6/c1-25(2,3)22-28-17-11-7-9-13-19(17)31(22)21-15-16-27-24(30-21)32-20-14-10-8-12-18(20)29-23(32)26(4,5)6/h7-16H,1-6H3. The van der Waals surface area contributed by atoms with Crippen LogP contribution in [0.4, 0.5) is 0 Å². The smallest absolute Gasteiger partial charge is 0.237 e. The average molecular weight is 425 g/mol. The van der Waals surface area contributed by atoms with Gasteiger partial charge in [0.2, 0.25) is 5.95 Å². The van der Waals surface area contributed by atoms with E-state index in [1.165, 1.54) is 0 Å². The van der Waals surface area contributed by atoms with E-state index in [9.17, 15) is 0 Å². The summed E-state index contributed by atoms with van der Waals surface area (Å²) in [7, 11) is 0. The number of nitrogens with zero attached hydrogens (tertiary/aromatic N) is 6. The van der Waals surface area contributed by atoms with Gasteiger partial charge in [0.1, 0.15) is 17.5 Å². The Kier molecular flexibility index (Phi) is 4.45. The predicted octanol–water partition coefficient (Wildman–Crippen LogP) is 5.75. The Hall–Kier alpha value is -3.54. The van der Waals surface area contributed by atoms with E-state index in [-0.39, 0.29) is 10.8 Å². The van der Waals surface area contributed by atoms with E-state index in [1.807, 2.05) is 48.7 Å². The lowest BCUT2D eigenvalue weighted by Gasteiger charge is -2.21. The lowest BCUT2D eigenvalue weighted by molar-refractivity contribution is 0.532. The van der Waals surface area contributed by atoms with Gasteiger partial charge in [0.15, 0.2) is 0 Å². The second-order valence-electron chi connectivity index (χ2n) is 10.2. The van der Waals surface area contributed by atoms with Crippen LogP contribution in [0.15, 0.2) is 60.8 Å². The Labute approximate surface area is 188 Å². The number of fused-ring (bicyclic) bond motifs is 2. The van der Waals surface area contributed by atoms with Crippen LogP contribution in [0, 0.1) is 0 Å². The summed E-state index contributed by atoms with van der Waals surface area (Å²) < 4.78 is 4.23. The number of hydrogen-bond donors (Lipinski definition) is 0. The molecule has 0 bridgehead atoms. The first-order valence-electron chi connectivity index (χ1n) is 10.9. The Morgan fingerprint density at radius 2 is 1.09 bits per heavy atom. The monoisotopic (exact) mass is 424 g/mol. The summed E-state index contributed by atoms with van der Waals surface area (Å²) in [4.78, 5) is 19.6. The van der Waals surface area contributed by atoms with E-state index in [1.54, 1.807) is 0 Å². The highest BCUT2D eigenvalue weighted by molar-refractivity contribution is 5.79. The molecule has 3 aromatic heterocycles. The molecule has 0 amide bonds. The van der Waals surface area contributed by atoms with Crippen LogP contribution in [0.3, 0.4) is 0 Å². The van der Waals surface area contributed by atoms with Gasteiger partial charge in [-0.1, -0.05) is 65.8 Å². The summed E-state index contributed by atoms with van der Waals surface area (Å²) in [5, 5.41) is 0. The van der Waals surface area contributed by atoms with Crippen molar-refractivity contribution in [1.82, 2.24) is 29.1 Å². The van der Waals surface area contributed by atoms with Gasteiger partial charge >= 0.3 is 0 Å². The molecule has 0 saturated carbocycles. The fraction of sp³-hybridized carbons (Fsp3) is 0.308. The van der Waals surface area contributed by atoms with Crippen molar-refractivity contribution >= 4 is 22.1 Å². The zero-order valence-corrected chi connectivity index (χ0v) is 19.5. The SMILES string of the molecule is CC(C)(C)c1nc2ccccc2n1-c1ccnc(-n2c(C(C)(C)C)nc3ccccc32)n1. The molecule has 0 unspecified atom stereocenters. The third-order valence-corrected chi connectivity index (χ3v) is 5.52. The van der Waals surface area contributed by atoms with Gasteiger partial charge in [0.05, 0.1) is 22.1 Å². The van der Waals surface area contributed by atoms with Crippen molar-refractivity contribution in [1.29, 1.82) is 0 Å².